The van der Waals surface area contributed by atoms with Crippen LogP contribution in [0.1, 0.15) is 47.3 Å². The predicted molar refractivity (Wildman–Crippen MR) is 115 cm³/mol. The highest BCUT2D eigenvalue weighted by molar-refractivity contribution is 5.39. The first-order valence-corrected chi connectivity index (χ1v) is 10.3. The van der Waals surface area contributed by atoms with E-state index in [0.717, 1.165) is 31.8 Å². The molecule has 0 aliphatic carbocycles. The molecule has 2 aromatic carbocycles. The minimum atomic E-state index is 0.257. The molecule has 0 spiro atoms. The molecule has 0 N–H and O–H groups in total. The molecule has 0 saturated heterocycles. The van der Waals surface area contributed by atoms with Gasteiger partial charge in [0.2, 0.25) is 0 Å². The largest absolute Gasteiger partial charge is 0.494 e. The van der Waals surface area contributed by atoms with Gasteiger partial charge in [0.05, 0.1) is 12.6 Å². The number of benzene rings is 2. The van der Waals surface area contributed by atoms with Crippen LogP contribution in [0.3, 0.4) is 0 Å². The number of aryl methyl sites for hydroxylation is 3. The second-order valence-corrected chi connectivity index (χ2v) is 7.75. The molecule has 2 heterocycles. The number of aromatic nitrogens is 1. The van der Waals surface area contributed by atoms with E-state index in [1.165, 1.54) is 27.9 Å². The van der Waals surface area contributed by atoms with Crippen molar-refractivity contribution in [2.24, 2.45) is 0 Å². The lowest BCUT2D eigenvalue weighted by molar-refractivity contribution is 0.215. The molecule has 0 saturated carbocycles. The Hall–Kier alpha value is -2.52. The zero-order chi connectivity index (χ0) is 19.5. The molecule has 0 radical (unpaired) electrons. The number of hydrogen-bond acceptors (Lipinski definition) is 2. The summed E-state index contributed by atoms with van der Waals surface area (Å²) >= 11 is 0. The van der Waals surface area contributed by atoms with Gasteiger partial charge in [-0.25, -0.2) is 0 Å². The Morgan fingerprint density at radius 3 is 2.71 bits per heavy atom. The molecule has 0 unspecified atom stereocenters. The molecule has 0 fully saturated rings. The van der Waals surface area contributed by atoms with Gasteiger partial charge in [0.15, 0.2) is 0 Å². The average molecular weight is 375 g/mol. The second kappa shape index (κ2) is 8.24. The normalized spacial score (nSPS) is 17.2. The van der Waals surface area contributed by atoms with Crippen molar-refractivity contribution >= 4 is 0 Å². The molecule has 28 heavy (non-hydrogen) atoms. The fourth-order valence-electron chi connectivity index (χ4n) is 4.37. The molecule has 1 atom stereocenters. The number of nitrogens with zero attached hydrogens (tertiary/aromatic N) is 2. The van der Waals surface area contributed by atoms with Crippen LogP contribution in [0, 0.1) is 13.8 Å². The maximum Gasteiger partial charge on any atom is 0.123 e. The highest BCUT2D eigenvalue weighted by Crippen LogP contribution is 2.36. The minimum absolute atomic E-state index is 0.257. The molecular weight excluding hydrogens is 344 g/mol. The number of hydrogen-bond donors (Lipinski definition) is 0. The smallest absolute Gasteiger partial charge is 0.123 e. The van der Waals surface area contributed by atoms with Crippen LogP contribution in [0.5, 0.6) is 5.75 Å². The fraction of sp³-hybridized carbons (Fsp3) is 0.360. The van der Waals surface area contributed by atoms with Crippen LogP contribution >= 0.6 is 0 Å². The zero-order valence-corrected chi connectivity index (χ0v) is 17.2. The van der Waals surface area contributed by atoms with Crippen molar-refractivity contribution in [3.63, 3.8) is 0 Å². The highest BCUT2D eigenvalue weighted by atomic mass is 16.5. The van der Waals surface area contributed by atoms with E-state index in [0.29, 0.717) is 6.61 Å². The van der Waals surface area contributed by atoms with Crippen molar-refractivity contribution in [3.8, 4) is 5.75 Å². The van der Waals surface area contributed by atoms with Gasteiger partial charge >= 0.3 is 0 Å². The summed E-state index contributed by atoms with van der Waals surface area (Å²) in [7, 11) is 0. The van der Waals surface area contributed by atoms with E-state index in [9.17, 15) is 0 Å². The summed E-state index contributed by atoms with van der Waals surface area (Å²) in [4.78, 5) is 2.62. The van der Waals surface area contributed by atoms with E-state index in [1.54, 1.807) is 0 Å². The highest BCUT2D eigenvalue weighted by Gasteiger charge is 2.29. The molecule has 0 amide bonds. The lowest BCUT2D eigenvalue weighted by Crippen LogP contribution is -2.30. The third-order valence-electron chi connectivity index (χ3n) is 5.73. The van der Waals surface area contributed by atoms with Crippen LogP contribution in [0.15, 0.2) is 60.8 Å². The van der Waals surface area contributed by atoms with Gasteiger partial charge in [-0.3, -0.25) is 4.90 Å². The Labute approximate surface area is 168 Å². The van der Waals surface area contributed by atoms with Crippen LogP contribution in [0.25, 0.3) is 0 Å². The van der Waals surface area contributed by atoms with E-state index < -0.39 is 0 Å². The maximum atomic E-state index is 5.92. The summed E-state index contributed by atoms with van der Waals surface area (Å²) in [5.41, 5.74) is 6.74. The third-order valence-corrected chi connectivity index (χ3v) is 5.73. The third kappa shape index (κ3) is 3.72. The molecule has 3 aromatic rings. The van der Waals surface area contributed by atoms with Gasteiger partial charge in [0, 0.05) is 37.1 Å². The van der Waals surface area contributed by atoms with Crippen LogP contribution < -0.4 is 4.74 Å². The number of para-hydroxylation sites is 1. The average Bonchev–Trinajstić information content (AvgIpc) is 3.08. The van der Waals surface area contributed by atoms with Crippen LogP contribution in [0.4, 0.5) is 0 Å². The van der Waals surface area contributed by atoms with Crippen LogP contribution in [-0.2, 0) is 13.1 Å². The number of rotatable bonds is 5. The SMILES string of the molecule is CCOc1ccccc1CN1CCCn2cccc2[C@H]1c1cc(C)ccc1C. The Morgan fingerprint density at radius 2 is 1.86 bits per heavy atom. The molecule has 4 rings (SSSR count). The van der Waals surface area contributed by atoms with Crippen LogP contribution in [-0.4, -0.2) is 22.6 Å². The van der Waals surface area contributed by atoms with Gasteiger partial charge in [-0.1, -0.05) is 42.0 Å². The summed E-state index contributed by atoms with van der Waals surface area (Å²) in [6.45, 7) is 10.2. The van der Waals surface area contributed by atoms with Gasteiger partial charge in [-0.15, -0.1) is 0 Å². The van der Waals surface area contributed by atoms with Gasteiger partial charge < -0.3 is 9.30 Å². The Kier molecular flexibility index (Phi) is 5.54. The summed E-state index contributed by atoms with van der Waals surface area (Å²) < 4.78 is 8.35. The first kappa shape index (κ1) is 18.8. The van der Waals surface area contributed by atoms with Gasteiger partial charge in [-0.2, -0.15) is 0 Å². The molecule has 3 heteroatoms. The monoisotopic (exact) mass is 374 g/mol. The second-order valence-electron chi connectivity index (χ2n) is 7.75. The lowest BCUT2D eigenvalue weighted by atomic mass is 9.95. The lowest BCUT2D eigenvalue weighted by Gasteiger charge is -2.32. The molecule has 146 valence electrons. The van der Waals surface area contributed by atoms with E-state index >= 15 is 0 Å². The summed E-state index contributed by atoms with van der Waals surface area (Å²) in [6, 6.07) is 20.0. The van der Waals surface area contributed by atoms with Crippen molar-refractivity contribution in [1.82, 2.24) is 9.47 Å². The van der Waals surface area contributed by atoms with Gasteiger partial charge in [-0.05, 0) is 56.5 Å². The zero-order valence-electron chi connectivity index (χ0n) is 17.2. The molecule has 0 bridgehead atoms. The number of fused-ring (bicyclic) bond motifs is 1. The predicted octanol–water partition coefficient (Wildman–Crippen LogP) is 5.50. The van der Waals surface area contributed by atoms with E-state index in [4.69, 9.17) is 4.74 Å². The van der Waals surface area contributed by atoms with Crippen molar-refractivity contribution in [2.45, 2.75) is 46.3 Å². The van der Waals surface area contributed by atoms with Crippen molar-refractivity contribution in [2.75, 3.05) is 13.2 Å². The Morgan fingerprint density at radius 1 is 1.00 bits per heavy atom. The van der Waals surface area contributed by atoms with E-state index in [-0.39, 0.29) is 6.04 Å². The molecule has 1 aliphatic heterocycles. The first-order chi connectivity index (χ1) is 13.7. The standard InChI is InChI=1S/C25H30N2O/c1-4-28-24-11-6-5-9-21(24)18-27-16-8-15-26-14-7-10-23(26)25(27)22-17-19(2)12-13-20(22)3/h5-7,9-14,17,25H,4,8,15-16,18H2,1-3H3/t25-/m1/s1. The van der Waals surface area contributed by atoms with Crippen LogP contribution in [0.2, 0.25) is 0 Å². The van der Waals surface area contributed by atoms with E-state index in [2.05, 4.69) is 91.0 Å². The summed E-state index contributed by atoms with van der Waals surface area (Å²) in [6.07, 6.45) is 3.38. The van der Waals surface area contributed by atoms with E-state index in [1.807, 2.05) is 0 Å². The minimum Gasteiger partial charge on any atom is -0.494 e. The Bertz CT molecular complexity index is 943. The maximum absolute atomic E-state index is 5.92. The van der Waals surface area contributed by atoms with Crippen molar-refractivity contribution in [1.29, 1.82) is 0 Å². The van der Waals surface area contributed by atoms with Crippen molar-refractivity contribution < 1.29 is 4.74 Å². The summed E-state index contributed by atoms with van der Waals surface area (Å²) in [5, 5.41) is 0. The van der Waals surface area contributed by atoms with Gasteiger partial charge in [0.25, 0.3) is 0 Å². The topological polar surface area (TPSA) is 17.4 Å². The molecule has 1 aliphatic rings. The molecule has 1 aromatic heterocycles. The van der Waals surface area contributed by atoms with Gasteiger partial charge in [0.1, 0.15) is 5.75 Å². The number of ether oxygens (including phenoxy) is 1. The quantitative estimate of drug-likeness (QED) is 0.587. The first-order valence-electron chi connectivity index (χ1n) is 10.3. The molecule has 3 nitrogen and oxygen atoms in total. The fourth-order valence-corrected chi connectivity index (χ4v) is 4.37. The summed E-state index contributed by atoms with van der Waals surface area (Å²) in [5.74, 6) is 1.00. The Balaban J connectivity index is 1.78. The molecular formula is C25H30N2O. The van der Waals surface area contributed by atoms with Crippen molar-refractivity contribution in [3.05, 3.63) is 88.7 Å².